The van der Waals surface area contributed by atoms with Crippen molar-refractivity contribution in [1.82, 2.24) is 4.98 Å². The van der Waals surface area contributed by atoms with Gasteiger partial charge in [0, 0.05) is 18.1 Å². The van der Waals surface area contributed by atoms with Crippen molar-refractivity contribution in [3.05, 3.63) is 70.6 Å². The Morgan fingerprint density at radius 1 is 1.19 bits per heavy atom. The summed E-state index contributed by atoms with van der Waals surface area (Å²) in [6, 6.07) is 12.7. The van der Waals surface area contributed by atoms with Gasteiger partial charge in [-0.3, -0.25) is 4.98 Å². The van der Waals surface area contributed by atoms with E-state index in [0.717, 1.165) is 22.2 Å². The van der Waals surface area contributed by atoms with E-state index in [1.54, 1.807) is 19.2 Å². The Labute approximate surface area is 127 Å². The lowest BCUT2D eigenvalue weighted by molar-refractivity contribution is 0.617. The molecule has 2 aromatic carbocycles. The van der Waals surface area contributed by atoms with Gasteiger partial charge in [0.25, 0.3) is 0 Å². The van der Waals surface area contributed by atoms with E-state index in [-0.39, 0.29) is 5.82 Å². The molecular weight excluding hydrogens is 287 g/mol. The molecule has 1 N–H and O–H groups in total. The first-order valence-electron chi connectivity index (χ1n) is 6.67. The van der Waals surface area contributed by atoms with Crippen molar-refractivity contribution >= 4 is 28.2 Å². The molecule has 0 fully saturated rings. The zero-order valence-corrected chi connectivity index (χ0v) is 12.3. The third-order valence-electron chi connectivity index (χ3n) is 3.42. The van der Waals surface area contributed by atoms with Crippen LogP contribution >= 0.6 is 11.6 Å². The molecule has 0 spiro atoms. The molecule has 0 saturated heterocycles. The predicted molar refractivity (Wildman–Crippen MR) is 85.2 cm³/mol. The second kappa shape index (κ2) is 5.70. The number of aromatic nitrogens is 1. The molecule has 0 radical (unpaired) electrons. The lowest BCUT2D eigenvalue weighted by Gasteiger charge is -2.10. The molecule has 0 saturated carbocycles. The third-order valence-corrected chi connectivity index (χ3v) is 3.75. The van der Waals surface area contributed by atoms with Crippen molar-refractivity contribution < 1.29 is 4.39 Å². The van der Waals surface area contributed by atoms with Crippen LogP contribution in [0.1, 0.15) is 11.1 Å². The summed E-state index contributed by atoms with van der Waals surface area (Å²) >= 11 is 6.17. The summed E-state index contributed by atoms with van der Waals surface area (Å²) in [5.74, 6) is -0.183. The molecule has 21 heavy (non-hydrogen) atoms. The van der Waals surface area contributed by atoms with Crippen molar-refractivity contribution in [2.45, 2.75) is 13.5 Å². The number of pyridine rings is 1. The van der Waals surface area contributed by atoms with E-state index < -0.39 is 0 Å². The van der Waals surface area contributed by atoms with Gasteiger partial charge in [0.15, 0.2) is 0 Å². The van der Waals surface area contributed by atoms with E-state index in [1.807, 2.05) is 30.3 Å². The fourth-order valence-electron chi connectivity index (χ4n) is 2.29. The second-order valence-electron chi connectivity index (χ2n) is 4.93. The predicted octanol–water partition coefficient (Wildman–Crippen LogP) is 4.95. The average molecular weight is 301 g/mol. The molecule has 0 unspecified atom stereocenters. The van der Waals surface area contributed by atoms with Crippen LogP contribution in [-0.2, 0) is 6.54 Å². The largest absolute Gasteiger partial charge is 0.379 e. The molecule has 0 amide bonds. The maximum absolute atomic E-state index is 13.3. The summed E-state index contributed by atoms with van der Waals surface area (Å²) in [4.78, 5) is 4.38. The van der Waals surface area contributed by atoms with Crippen molar-refractivity contribution in [1.29, 1.82) is 0 Å². The van der Waals surface area contributed by atoms with Crippen LogP contribution in [0.5, 0.6) is 0 Å². The highest BCUT2D eigenvalue weighted by Gasteiger charge is 2.06. The molecule has 1 aromatic heterocycles. The van der Waals surface area contributed by atoms with E-state index in [0.29, 0.717) is 17.1 Å². The molecule has 0 bridgehead atoms. The van der Waals surface area contributed by atoms with Crippen LogP contribution in [0.25, 0.3) is 10.9 Å². The van der Waals surface area contributed by atoms with E-state index in [4.69, 9.17) is 11.6 Å². The van der Waals surface area contributed by atoms with Crippen molar-refractivity contribution in [3.8, 4) is 0 Å². The van der Waals surface area contributed by atoms with Gasteiger partial charge in [-0.05, 0) is 48.4 Å². The average Bonchev–Trinajstić information content (AvgIpc) is 2.50. The number of anilines is 1. The summed E-state index contributed by atoms with van der Waals surface area (Å²) < 4.78 is 13.3. The molecular formula is C17H14ClFN2. The third kappa shape index (κ3) is 2.83. The van der Waals surface area contributed by atoms with Gasteiger partial charge in [0.1, 0.15) is 5.82 Å². The minimum atomic E-state index is -0.183. The van der Waals surface area contributed by atoms with E-state index in [1.165, 1.54) is 6.07 Å². The summed E-state index contributed by atoms with van der Waals surface area (Å²) in [5.41, 5.74) is 3.42. The zero-order valence-electron chi connectivity index (χ0n) is 11.5. The SMILES string of the molecule is Cc1cc(CNc2ccc(Cl)c3cccnc23)ccc1F. The molecule has 0 aliphatic rings. The standard InChI is InChI=1S/C17H14ClFN2/c1-11-9-12(4-6-15(11)19)10-21-16-7-5-14(18)13-3-2-8-20-17(13)16/h2-9,21H,10H2,1H3. The van der Waals surface area contributed by atoms with Gasteiger partial charge >= 0.3 is 0 Å². The minimum Gasteiger partial charge on any atom is -0.379 e. The fourth-order valence-corrected chi connectivity index (χ4v) is 2.51. The van der Waals surface area contributed by atoms with Crippen molar-refractivity contribution in [2.75, 3.05) is 5.32 Å². The number of nitrogens with zero attached hydrogens (tertiary/aromatic N) is 1. The lowest BCUT2D eigenvalue weighted by atomic mass is 10.1. The Bertz CT molecular complexity index is 802. The summed E-state index contributed by atoms with van der Waals surface area (Å²) in [7, 11) is 0. The highest BCUT2D eigenvalue weighted by Crippen LogP contribution is 2.28. The number of nitrogens with one attached hydrogen (secondary N) is 1. The highest BCUT2D eigenvalue weighted by atomic mass is 35.5. The number of aryl methyl sites for hydroxylation is 1. The van der Waals surface area contributed by atoms with Gasteiger partial charge in [0.05, 0.1) is 16.2 Å². The molecule has 1 heterocycles. The van der Waals surface area contributed by atoms with Gasteiger partial charge in [-0.1, -0.05) is 23.7 Å². The Kier molecular flexibility index (Phi) is 3.76. The number of rotatable bonds is 3. The van der Waals surface area contributed by atoms with Gasteiger partial charge in [0.2, 0.25) is 0 Å². The van der Waals surface area contributed by atoms with Crippen LogP contribution in [-0.4, -0.2) is 4.98 Å². The highest BCUT2D eigenvalue weighted by molar-refractivity contribution is 6.35. The number of fused-ring (bicyclic) bond motifs is 1. The number of benzene rings is 2. The quantitative estimate of drug-likeness (QED) is 0.740. The first kappa shape index (κ1) is 13.8. The van der Waals surface area contributed by atoms with Gasteiger partial charge in [-0.15, -0.1) is 0 Å². The van der Waals surface area contributed by atoms with E-state index in [2.05, 4.69) is 10.3 Å². The molecule has 106 valence electrons. The monoisotopic (exact) mass is 300 g/mol. The van der Waals surface area contributed by atoms with Gasteiger partial charge in [-0.2, -0.15) is 0 Å². The number of halogens is 2. The fraction of sp³-hybridized carbons (Fsp3) is 0.118. The summed E-state index contributed by atoms with van der Waals surface area (Å²) in [6.45, 7) is 2.37. The van der Waals surface area contributed by atoms with Crippen LogP contribution in [0, 0.1) is 12.7 Å². The Morgan fingerprint density at radius 2 is 2.05 bits per heavy atom. The van der Waals surface area contributed by atoms with Crippen LogP contribution < -0.4 is 5.32 Å². The Morgan fingerprint density at radius 3 is 2.86 bits per heavy atom. The van der Waals surface area contributed by atoms with Crippen molar-refractivity contribution in [2.24, 2.45) is 0 Å². The molecule has 3 rings (SSSR count). The molecule has 4 heteroatoms. The lowest BCUT2D eigenvalue weighted by Crippen LogP contribution is -2.01. The van der Waals surface area contributed by atoms with Crippen LogP contribution in [0.3, 0.4) is 0 Å². The molecule has 0 aliphatic carbocycles. The van der Waals surface area contributed by atoms with Crippen LogP contribution in [0.15, 0.2) is 48.7 Å². The second-order valence-corrected chi connectivity index (χ2v) is 5.34. The van der Waals surface area contributed by atoms with Gasteiger partial charge < -0.3 is 5.32 Å². The zero-order chi connectivity index (χ0) is 14.8. The first-order valence-corrected chi connectivity index (χ1v) is 7.05. The van der Waals surface area contributed by atoms with E-state index >= 15 is 0 Å². The Balaban J connectivity index is 1.88. The Hall–Kier alpha value is -2.13. The smallest absolute Gasteiger partial charge is 0.126 e. The molecule has 3 aromatic rings. The molecule has 0 aliphatic heterocycles. The van der Waals surface area contributed by atoms with Crippen LogP contribution in [0.4, 0.5) is 10.1 Å². The van der Waals surface area contributed by atoms with E-state index in [9.17, 15) is 4.39 Å². The molecule has 0 atom stereocenters. The van der Waals surface area contributed by atoms with Crippen molar-refractivity contribution in [3.63, 3.8) is 0 Å². The van der Waals surface area contributed by atoms with Gasteiger partial charge in [-0.25, -0.2) is 4.39 Å². The minimum absolute atomic E-state index is 0.183. The number of hydrogen-bond acceptors (Lipinski definition) is 2. The maximum Gasteiger partial charge on any atom is 0.126 e. The number of hydrogen-bond donors (Lipinski definition) is 1. The molecule has 2 nitrogen and oxygen atoms in total. The summed E-state index contributed by atoms with van der Waals surface area (Å²) in [6.07, 6.45) is 1.74. The topological polar surface area (TPSA) is 24.9 Å². The summed E-state index contributed by atoms with van der Waals surface area (Å²) in [5, 5.41) is 4.93. The first-order chi connectivity index (χ1) is 10.1. The van der Waals surface area contributed by atoms with Crippen LogP contribution in [0.2, 0.25) is 5.02 Å². The normalized spacial score (nSPS) is 10.8. The maximum atomic E-state index is 13.3.